The number of nitrogens with one attached hydrogen (secondary N) is 1. The van der Waals surface area contributed by atoms with Crippen LogP contribution in [0.15, 0.2) is 66.7 Å². The highest BCUT2D eigenvalue weighted by Gasteiger charge is 2.15. The Hall–Kier alpha value is -3.14. The lowest BCUT2D eigenvalue weighted by molar-refractivity contribution is -0.136. The second-order valence-corrected chi connectivity index (χ2v) is 5.87. The average Bonchev–Trinajstić information content (AvgIpc) is 2.64. The number of amides is 1. The number of aliphatic carboxylic acids is 1. The summed E-state index contributed by atoms with van der Waals surface area (Å²) in [5, 5.41) is 13.9. The van der Waals surface area contributed by atoms with Gasteiger partial charge in [0.05, 0.1) is 0 Å². The number of carbonyl (C=O) groups excluding carboxylic acids is 1. The van der Waals surface area contributed by atoms with E-state index in [0.29, 0.717) is 18.5 Å². The first kappa shape index (κ1) is 16.7. The molecule has 4 heteroatoms. The molecule has 0 aromatic heterocycles. The summed E-state index contributed by atoms with van der Waals surface area (Å²) >= 11 is 0. The molecule has 0 aliphatic carbocycles. The van der Waals surface area contributed by atoms with Crippen molar-refractivity contribution in [3.8, 4) is 0 Å². The van der Waals surface area contributed by atoms with Gasteiger partial charge < -0.3 is 10.4 Å². The van der Waals surface area contributed by atoms with Crippen LogP contribution in [0.2, 0.25) is 0 Å². The van der Waals surface area contributed by atoms with E-state index in [2.05, 4.69) is 5.32 Å². The molecule has 0 radical (unpaired) electrons. The van der Waals surface area contributed by atoms with E-state index in [9.17, 15) is 9.59 Å². The van der Waals surface area contributed by atoms with Crippen molar-refractivity contribution < 1.29 is 14.7 Å². The van der Waals surface area contributed by atoms with Crippen LogP contribution in [0.4, 0.5) is 0 Å². The fourth-order valence-corrected chi connectivity index (χ4v) is 2.92. The van der Waals surface area contributed by atoms with Crippen molar-refractivity contribution in [1.82, 2.24) is 5.32 Å². The zero-order valence-electron chi connectivity index (χ0n) is 13.7. The van der Waals surface area contributed by atoms with Gasteiger partial charge in [-0.05, 0) is 34.4 Å². The van der Waals surface area contributed by atoms with Gasteiger partial charge in [0.1, 0.15) is 0 Å². The summed E-state index contributed by atoms with van der Waals surface area (Å²) in [6, 6.07) is 21.1. The molecular weight excluding hydrogens is 314 g/mol. The standard InChI is InChI=1S/C21H19NO3/c23-20(24)13-12-18-17-9-5-4-8-16(17)10-11-19(18)21(25)22-14-15-6-2-1-3-7-15/h1-11H,12-14H2,(H,22,25)(H,23,24). The van der Waals surface area contributed by atoms with Gasteiger partial charge >= 0.3 is 5.97 Å². The average molecular weight is 333 g/mol. The highest BCUT2D eigenvalue weighted by Crippen LogP contribution is 2.24. The number of carboxylic acids is 1. The van der Waals surface area contributed by atoms with E-state index < -0.39 is 5.97 Å². The number of benzene rings is 3. The van der Waals surface area contributed by atoms with Crippen molar-refractivity contribution in [3.05, 3.63) is 83.4 Å². The first-order chi connectivity index (χ1) is 12.1. The van der Waals surface area contributed by atoms with Crippen LogP contribution in [-0.2, 0) is 17.8 Å². The fourth-order valence-electron chi connectivity index (χ4n) is 2.92. The molecule has 3 rings (SSSR count). The maximum atomic E-state index is 12.7. The number of fused-ring (bicyclic) bond motifs is 1. The molecule has 0 saturated heterocycles. The van der Waals surface area contributed by atoms with E-state index in [1.807, 2.05) is 60.7 Å². The van der Waals surface area contributed by atoms with Crippen molar-refractivity contribution in [2.75, 3.05) is 0 Å². The summed E-state index contributed by atoms with van der Waals surface area (Å²) in [6.45, 7) is 0.435. The normalized spacial score (nSPS) is 10.6. The molecule has 1 amide bonds. The Morgan fingerprint density at radius 1 is 0.880 bits per heavy atom. The van der Waals surface area contributed by atoms with Crippen LogP contribution in [-0.4, -0.2) is 17.0 Å². The van der Waals surface area contributed by atoms with Crippen LogP contribution in [0.5, 0.6) is 0 Å². The van der Waals surface area contributed by atoms with Gasteiger partial charge in [-0.25, -0.2) is 0 Å². The fraction of sp³-hybridized carbons (Fsp3) is 0.143. The molecule has 0 heterocycles. The molecule has 0 unspecified atom stereocenters. The third-order valence-corrected chi connectivity index (χ3v) is 4.17. The van der Waals surface area contributed by atoms with Crippen LogP contribution >= 0.6 is 0 Å². The molecule has 126 valence electrons. The third kappa shape index (κ3) is 4.04. The maximum Gasteiger partial charge on any atom is 0.303 e. The molecule has 0 bridgehead atoms. The van der Waals surface area contributed by atoms with Crippen molar-refractivity contribution >= 4 is 22.6 Å². The maximum absolute atomic E-state index is 12.7. The highest BCUT2D eigenvalue weighted by molar-refractivity contribution is 6.01. The minimum Gasteiger partial charge on any atom is -0.481 e. The molecule has 0 fully saturated rings. The molecule has 3 aromatic carbocycles. The molecule has 25 heavy (non-hydrogen) atoms. The van der Waals surface area contributed by atoms with Crippen molar-refractivity contribution in [1.29, 1.82) is 0 Å². The largest absolute Gasteiger partial charge is 0.481 e. The van der Waals surface area contributed by atoms with Crippen LogP contribution in [0.3, 0.4) is 0 Å². The predicted octanol–water partition coefficient (Wildman–Crippen LogP) is 3.79. The van der Waals surface area contributed by atoms with Gasteiger partial charge in [0.2, 0.25) is 0 Å². The minimum absolute atomic E-state index is 0.00697. The van der Waals surface area contributed by atoms with E-state index >= 15 is 0 Å². The monoisotopic (exact) mass is 333 g/mol. The van der Waals surface area contributed by atoms with Crippen LogP contribution in [0, 0.1) is 0 Å². The van der Waals surface area contributed by atoms with E-state index in [1.54, 1.807) is 6.07 Å². The Morgan fingerprint density at radius 3 is 2.36 bits per heavy atom. The predicted molar refractivity (Wildman–Crippen MR) is 97.5 cm³/mol. The Balaban J connectivity index is 1.89. The Labute approximate surface area is 146 Å². The first-order valence-electron chi connectivity index (χ1n) is 8.19. The summed E-state index contributed by atoms with van der Waals surface area (Å²) in [6.07, 6.45) is 0.317. The lowest BCUT2D eigenvalue weighted by Gasteiger charge is -2.13. The molecule has 0 atom stereocenters. The molecule has 0 saturated carbocycles. The SMILES string of the molecule is O=C(O)CCc1c(C(=O)NCc2ccccc2)ccc2ccccc12. The Morgan fingerprint density at radius 2 is 1.60 bits per heavy atom. The van der Waals surface area contributed by atoms with Gasteiger partial charge in [-0.1, -0.05) is 60.7 Å². The lowest BCUT2D eigenvalue weighted by atomic mass is 9.95. The van der Waals surface area contributed by atoms with Crippen LogP contribution in [0.25, 0.3) is 10.8 Å². The first-order valence-corrected chi connectivity index (χ1v) is 8.19. The molecule has 3 aromatic rings. The van der Waals surface area contributed by atoms with E-state index in [1.165, 1.54) is 0 Å². The van der Waals surface area contributed by atoms with Crippen LogP contribution in [0.1, 0.15) is 27.9 Å². The van der Waals surface area contributed by atoms with Crippen LogP contribution < -0.4 is 5.32 Å². The molecule has 0 aliphatic rings. The Bertz CT molecular complexity index is 903. The van der Waals surface area contributed by atoms with Gasteiger partial charge in [-0.3, -0.25) is 9.59 Å². The van der Waals surface area contributed by atoms with E-state index in [0.717, 1.165) is 21.9 Å². The lowest BCUT2D eigenvalue weighted by Crippen LogP contribution is -2.24. The summed E-state index contributed by atoms with van der Waals surface area (Å²) < 4.78 is 0. The quantitative estimate of drug-likeness (QED) is 0.721. The summed E-state index contributed by atoms with van der Waals surface area (Å²) in [7, 11) is 0. The number of aryl methyl sites for hydroxylation is 1. The third-order valence-electron chi connectivity index (χ3n) is 4.17. The van der Waals surface area contributed by atoms with Gasteiger partial charge in [0.25, 0.3) is 5.91 Å². The summed E-state index contributed by atoms with van der Waals surface area (Å²) in [4.78, 5) is 23.7. The van der Waals surface area contributed by atoms with Gasteiger partial charge in [-0.15, -0.1) is 0 Å². The number of rotatable bonds is 6. The molecule has 4 nitrogen and oxygen atoms in total. The second-order valence-electron chi connectivity index (χ2n) is 5.87. The number of hydrogen-bond acceptors (Lipinski definition) is 2. The number of carboxylic acid groups (broad SMARTS) is 1. The topological polar surface area (TPSA) is 66.4 Å². The number of hydrogen-bond donors (Lipinski definition) is 2. The van der Waals surface area contributed by atoms with E-state index in [-0.39, 0.29) is 12.3 Å². The minimum atomic E-state index is -0.872. The molecular formula is C21H19NO3. The Kier molecular flexibility index (Phi) is 5.09. The number of carbonyl (C=O) groups is 2. The van der Waals surface area contributed by atoms with Gasteiger partial charge in [0.15, 0.2) is 0 Å². The highest BCUT2D eigenvalue weighted by atomic mass is 16.4. The van der Waals surface area contributed by atoms with Gasteiger partial charge in [0, 0.05) is 18.5 Å². The summed E-state index contributed by atoms with van der Waals surface area (Å²) in [5.74, 6) is -1.06. The molecule has 0 aliphatic heterocycles. The molecule has 2 N–H and O–H groups in total. The second kappa shape index (κ2) is 7.62. The zero-order valence-corrected chi connectivity index (χ0v) is 13.7. The smallest absolute Gasteiger partial charge is 0.303 e. The summed E-state index contributed by atoms with van der Waals surface area (Å²) in [5.41, 5.74) is 2.34. The molecule has 0 spiro atoms. The van der Waals surface area contributed by atoms with Crippen molar-refractivity contribution in [2.24, 2.45) is 0 Å². The van der Waals surface area contributed by atoms with Gasteiger partial charge in [-0.2, -0.15) is 0 Å². The van der Waals surface area contributed by atoms with Crippen molar-refractivity contribution in [2.45, 2.75) is 19.4 Å². The zero-order chi connectivity index (χ0) is 17.6. The van der Waals surface area contributed by atoms with E-state index in [4.69, 9.17) is 5.11 Å². The van der Waals surface area contributed by atoms with Crippen molar-refractivity contribution in [3.63, 3.8) is 0 Å².